The van der Waals surface area contributed by atoms with Crippen molar-refractivity contribution in [3.8, 4) is 5.75 Å². The van der Waals surface area contributed by atoms with E-state index in [4.69, 9.17) is 10.5 Å². The molecule has 2 heterocycles. The Morgan fingerprint density at radius 2 is 2.32 bits per heavy atom. The Kier molecular flexibility index (Phi) is 2.77. The first-order chi connectivity index (χ1) is 9.15. The van der Waals surface area contributed by atoms with Crippen LogP contribution in [0.2, 0.25) is 0 Å². The lowest BCUT2D eigenvalue weighted by Crippen LogP contribution is -2.47. The Balaban J connectivity index is 1.88. The van der Waals surface area contributed by atoms with Crippen molar-refractivity contribution in [2.24, 2.45) is 0 Å². The molecule has 3 rings (SSSR count). The number of carbonyl (C=O) groups is 2. The fourth-order valence-electron chi connectivity index (χ4n) is 2.45. The summed E-state index contributed by atoms with van der Waals surface area (Å²) in [5.74, 6) is 0.485. The molecule has 0 radical (unpaired) electrons. The van der Waals surface area contributed by atoms with Crippen LogP contribution in [0.4, 0.5) is 11.4 Å². The van der Waals surface area contributed by atoms with Crippen molar-refractivity contribution >= 4 is 23.2 Å². The summed E-state index contributed by atoms with van der Waals surface area (Å²) < 4.78 is 5.51. The molecule has 2 aliphatic heterocycles. The normalized spacial score (nSPS) is 21.6. The van der Waals surface area contributed by atoms with E-state index in [9.17, 15) is 9.59 Å². The number of fused-ring (bicyclic) bond motifs is 1. The molecule has 1 saturated heterocycles. The minimum atomic E-state index is -0.431. The highest BCUT2D eigenvalue weighted by molar-refractivity contribution is 6.02. The first kappa shape index (κ1) is 11.8. The van der Waals surface area contributed by atoms with Crippen LogP contribution in [-0.4, -0.2) is 31.0 Å². The second-order valence-corrected chi connectivity index (χ2v) is 4.72. The first-order valence-electron chi connectivity index (χ1n) is 6.28. The lowest BCUT2D eigenvalue weighted by molar-refractivity contribution is -0.124. The molecule has 3 N–H and O–H groups in total. The summed E-state index contributed by atoms with van der Waals surface area (Å²) in [4.78, 5) is 25.3. The summed E-state index contributed by atoms with van der Waals surface area (Å²) >= 11 is 0. The van der Waals surface area contributed by atoms with Crippen molar-refractivity contribution in [1.82, 2.24) is 5.32 Å². The molecule has 6 heteroatoms. The van der Waals surface area contributed by atoms with Crippen molar-refractivity contribution in [3.63, 3.8) is 0 Å². The lowest BCUT2D eigenvalue weighted by atomic mass is 10.1. The number of nitrogens with zero attached hydrogens (tertiary/aromatic N) is 1. The predicted octanol–water partition coefficient (Wildman–Crippen LogP) is 0.273. The topological polar surface area (TPSA) is 84.7 Å². The van der Waals surface area contributed by atoms with Crippen LogP contribution in [0.15, 0.2) is 18.2 Å². The Morgan fingerprint density at radius 1 is 1.47 bits per heavy atom. The largest absolute Gasteiger partial charge is 0.490 e. The molecule has 6 nitrogen and oxygen atoms in total. The third kappa shape index (κ3) is 2.09. The van der Waals surface area contributed by atoms with Gasteiger partial charge in [0, 0.05) is 12.1 Å². The highest BCUT2D eigenvalue weighted by Crippen LogP contribution is 2.34. The SMILES string of the molecule is Nc1ccc2c(c1)N(C(=O)C1CCC(=O)N1)CCO2. The van der Waals surface area contributed by atoms with Gasteiger partial charge >= 0.3 is 0 Å². The van der Waals surface area contributed by atoms with Crippen LogP contribution in [-0.2, 0) is 9.59 Å². The van der Waals surface area contributed by atoms with E-state index in [0.29, 0.717) is 43.1 Å². The van der Waals surface area contributed by atoms with Crippen molar-refractivity contribution in [2.75, 3.05) is 23.8 Å². The maximum atomic E-state index is 12.4. The molecule has 0 saturated carbocycles. The van der Waals surface area contributed by atoms with Crippen molar-refractivity contribution in [3.05, 3.63) is 18.2 Å². The molecule has 19 heavy (non-hydrogen) atoms. The van der Waals surface area contributed by atoms with Crippen molar-refractivity contribution in [2.45, 2.75) is 18.9 Å². The van der Waals surface area contributed by atoms with Gasteiger partial charge in [0.05, 0.1) is 12.2 Å². The smallest absolute Gasteiger partial charge is 0.249 e. The Hall–Kier alpha value is -2.24. The molecule has 1 aromatic rings. The highest BCUT2D eigenvalue weighted by Gasteiger charge is 2.33. The van der Waals surface area contributed by atoms with Crippen LogP contribution in [0.5, 0.6) is 5.75 Å². The number of nitrogen functional groups attached to an aromatic ring is 1. The molecule has 1 unspecified atom stereocenters. The Bertz CT molecular complexity index is 544. The quantitative estimate of drug-likeness (QED) is 0.711. The van der Waals surface area contributed by atoms with Crippen LogP contribution < -0.4 is 20.7 Å². The van der Waals surface area contributed by atoms with Gasteiger partial charge in [0.1, 0.15) is 18.4 Å². The van der Waals surface area contributed by atoms with E-state index in [1.165, 1.54) is 0 Å². The zero-order valence-electron chi connectivity index (χ0n) is 10.4. The van der Waals surface area contributed by atoms with E-state index in [2.05, 4.69) is 5.32 Å². The number of anilines is 2. The molecule has 0 spiro atoms. The van der Waals surface area contributed by atoms with Crippen LogP contribution >= 0.6 is 0 Å². The van der Waals surface area contributed by atoms with Crippen LogP contribution in [0.1, 0.15) is 12.8 Å². The zero-order chi connectivity index (χ0) is 13.4. The molecule has 1 fully saturated rings. The number of benzene rings is 1. The first-order valence-corrected chi connectivity index (χ1v) is 6.28. The number of hydrogen-bond acceptors (Lipinski definition) is 4. The minimum Gasteiger partial charge on any atom is -0.490 e. The van der Waals surface area contributed by atoms with Crippen LogP contribution in [0.25, 0.3) is 0 Å². The number of amides is 2. The van der Waals surface area contributed by atoms with Gasteiger partial charge in [-0.15, -0.1) is 0 Å². The summed E-state index contributed by atoms with van der Waals surface area (Å²) in [5, 5.41) is 2.69. The molecular weight excluding hydrogens is 246 g/mol. The fourth-order valence-corrected chi connectivity index (χ4v) is 2.45. The van der Waals surface area contributed by atoms with E-state index >= 15 is 0 Å². The number of ether oxygens (including phenoxy) is 1. The second-order valence-electron chi connectivity index (χ2n) is 4.72. The number of hydrogen-bond donors (Lipinski definition) is 2. The van der Waals surface area contributed by atoms with Gasteiger partial charge in [-0.2, -0.15) is 0 Å². The van der Waals surface area contributed by atoms with Gasteiger partial charge in [-0.25, -0.2) is 0 Å². The van der Waals surface area contributed by atoms with Crippen molar-refractivity contribution < 1.29 is 14.3 Å². The Labute approximate surface area is 110 Å². The molecule has 2 amide bonds. The molecule has 0 aliphatic carbocycles. The fraction of sp³-hybridized carbons (Fsp3) is 0.385. The van der Waals surface area contributed by atoms with Crippen molar-refractivity contribution in [1.29, 1.82) is 0 Å². The summed E-state index contributed by atoms with van der Waals surface area (Å²) in [5.41, 5.74) is 7.02. The molecular formula is C13H15N3O3. The average Bonchev–Trinajstić information content (AvgIpc) is 2.84. The van der Waals surface area contributed by atoms with Crippen LogP contribution in [0, 0.1) is 0 Å². The minimum absolute atomic E-state index is 0.0700. The van der Waals surface area contributed by atoms with Gasteiger partial charge in [-0.05, 0) is 24.6 Å². The Morgan fingerprint density at radius 3 is 3.05 bits per heavy atom. The van der Waals surface area contributed by atoms with Gasteiger partial charge in [0.25, 0.3) is 0 Å². The third-order valence-electron chi connectivity index (χ3n) is 3.41. The van der Waals surface area contributed by atoms with E-state index in [0.717, 1.165) is 0 Å². The number of carbonyl (C=O) groups excluding carboxylic acids is 2. The number of nitrogens with two attached hydrogens (primary N) is 1. The summed E-state index contributed by atoms with van der Waals surface area (Å²) in [6.45, 7) is 0.922. The average molecular weight is 261 g/mol. The molecule has 2 aliphatic rings. The number of rotatable bonds is 1. The summed E-state index contributed by atoms with van der Waals surface area (Å²) in [6, 6.07) is 4.80. The lowest BCUT2D eigenvalue weighted by Gasteiger charge is -2.31. The predicted molar refractivity (Wildman–Crippen MR) is 69.9 cm³/mol. The van der Waals surface area contributed by atoms with Gasteiger partial charge in [-0.3, -0.25) is 9.59 Å². The molecule has 0 aromatic heterocycles. The summed E-state index contributed by atoms with van der Waals surface area (Å²) in [6.07, 6.45) is 0.956. The number of nitrogens with one attached hydrogen (secondary N) is 1. The third-order valence-corrected chi connectivity index (χ3v) is 3.41. The van der Waals surface area contributed by atoms with E-state index in [-0.39, 0.29) is 11.8 Å². The molecule has 100 valence electrons. The second kappa shape index (κ2) is 4.46. The molecule has 1 atom stereocenters. The van der Waals surface area contributed by atoms with Gasteiger partial charge in [0.15, 0.2) is 0 Å². The monoisotopic (exact) mass is 261 g/mol. The van der Waals surface area contributed by atoms with Gasteiger partial charge in [-0.1, -0.05) is 0 Å². The highest BCUT2D eigenvalue weighted by atomic mass is 16.5. The van der Waals surface area contributed by atoms with Crippen LogP contribution in [0.3, 0.4) is 0 Å². The molecule has 0 bridgehead atoms. The van der Waals surface area contributed by atoms with Gasteiger partial charge < -0.3 is 20.7 Å². The maximum absolute atomic E-state index is 12.4. The summed E-state index contributed by atoms with van der Waals surface area (Å²) in [7, 11) is 0. The van der Waals surface area contributed by atoms with E-state index < -0.39 is 6.04 Å². The van der Waals surface area contributed by atoms with E-state index in [1.807, 2.05) is 0 Å². The standard InChI is InChI=1S/C13H15N3O3/c14-8-1-3-11-10(7-8)16(5-6-19-11)13(18)9-2-4-12(17)15-9/h1,3,7,9H,2,4-6,14H2,(H,15,17). The zero-order valence-corrected chi connectivity index (χ0v) is 10.4. The molecule has 1 aromatic carbocycles. The van der Waals surface area contributed by atoms with Gasteiger partial charge in [0.2, 0.25) is 11.8 Å². The maximum Gasteiger partial charge on any atom is 0.249 e. The van der Waals surface area contributed by atoms with E-state index in [1.54, 1.807) is 23.1 Å².